The van der Waals surface area contributed by atoms with E-state index >= 15 is 0 Å². The molecule has 0 aromatic heterocycles. The first-order valence-corrected chi connectivity index (χ1v) is 6.02. The minimum atomic E-state index is -4.40. The molecular weight excluding hydrogens is 301 g/mol. The Balaban J connectivity index is 2.92. The molecule has 1 rings (SSSR count). The Morgan fingerprint density at radius 1 is 1.00 bits per heavy atom. The molecule has 0 N–H and O–H groups in total. The molecule has 0 spiro atoms. The van der Waals surface area contributed by atoms with Gasteiger partial charge in [0.2, 0.25) is 0 Å². The monoisotopic (exact) mass is 314 g/mol. The molecule has 22 heavy (non-hydrogen) atoms. The summed E-state index contributed by atoms with van der Waals surface area (Å²) < 4.78 is 46.1. The lowest BCUT2D eigenvalue weighted by molar-refractivity contribution is -0.144. The molecule has 0 heterocycles. The molecule has 0 aliphatic carbocycles. The van der Waals surface area contributed by atoms with Gasteiger partial charge in [0.1, 0.15) is 5.57 Å². The lowest BCUT2D eigenvalue weighted by atomic mass is 10.1. The van der Waals surface area contributed by atoms with Crippen molar-refractivity contribution >= 4 is 18.0 Å². The number of hydrogen-bond donors (Lipinski definition) is 0. The van der Waals surface area contributed by atoms with Gasteiger partial charge in [0.15, 0.2) is 0 Å². The molecular formula is C15H13F3O4. The fourth-order valence-electron chi connectivity index (χ4n) is 1.48. The summed E-state index contributed by atoms with van der Waals surface area (Å²) in [6, 6.07) is 4.40. The highest BCUT2D eigenvalue weighted by Gasteiger charge is 2.29. The van der Waals surface area contributed by atoms with Crippen molar-refractivity contribution in [3.63, 3.8) is 0 Å². The average Bonchev–Trinajstić information content (AvgIpc) is 2.49. The number of hydrogen-bond acceptors (Lipinski definition) is 4. The van der Waals surface area contributed by atoms with Gasteiger partial charge < -0.3 is 9.47 Å². The van der Waals surface area contributed by atoms with E-state index < -0.39 is 23.7 Å². The summed E-state index contributed by atoms with van der Waals surface area (Å²) in [5, 5.41) is 0. The summed E-state index contributed by atoms with van der Waals surface area (Å²) in [6.45, 7) is 0. The molecule has 0 amide bonds. The minimum absolute atomic E-state index is 0.326. The number of alkyl halides is 3. The molecule has 7 heteroatoms. The maximum Gasteiger partial charge on any atom is 0.416 e. The number of esters is 2. The minimum Gasteiger partial charge on any atom is -0.465 e. The molecule has 1 aromatic carbocycles. The Hall–Kier alpha value is -2.57. The van der Waals surface area contributed by atoms with Crippen LogP contribution in [-0.4, -0.2) is 26.2 Å². The second-order valence-corrected chi connectivity index (χ2v) is 4.04. The zero-order valence-electron chi connectivity index (χ0n) is 11.8. The summed E-state index contributed by atoms with van der Waals surface area (Å²) in [7, 11) is 2.22. The van der Waals surface area contributed by atoms with Gasteiger partial charge in [0, 0.05) is 0 Å². The van der Waals surface area contributed by atoms with Crippen molar-refractivity contribution < 1.29 is 32.2 Å². The molecule has 0 saturated carbocycles. The Labute approximate surface area is 124 Å². The van der Waals surface area contributed by atoms with Crippen LogP contribution in [-0.2, 0) is 25.2 Å². The molecule has 0 unspecified atom stereocenters. The van der Waals surface area contributed by atoms with Gasteiger partial charge in [-0.05, 0) is 23.8 Å². The fraction of sp³-hybridized carbons (Fsp3) is 0.200. The van der Waals surface area contributed by atoms with Crippen LogP contribution in [0.4, 0.5) is 13.2 Å². The van der Waals surface area contributed by atoms with Gasteiger partial charge >= 0.3 is 18.1 Å². The number of allylic oxidation sites excluding steroid dienone is 2. The molecule has 0 atom stereocenters. The Kier molecular flexibility index (Phi) is 5.91. The molecule has 0 bridgehead atoms. The van der Waals surface area contributed by atoms with Gasteiger partial charge in [-0.3, -0.25) is 0 Å². The lowest BCUT2D eigenvalue weighted by Crippen LogP contribution is -2.15. The first-order valence-electron chi connectivity index (χ1n) is 6.02. The van der Waals surface area contributed by atoms with Crippen LogP contribution in [0.5, 0.6) is 0 Å². The Morgan fingerprint density at radius 2 is 1.50 bits per heavy atom. The SMILES string of the molecule is COC(=O)C(=C/C=C/c1ccc(C(F)(F)F)cc1)C(=O)OC. The smallest absolute Gasteiger partial charge is 0.416 e. The number of benzene rings is 1. The molecule has 118 valence electrons. The predicted octanol–water partition coefficient (Wildman–Crippen LogP) is 2.99. The molecule has 0 saturated heterocycles. The normalized spacial score (nSPS) is 11.1. The highest BCUT2D eigenvalue weighted by Crippen LogP contribution is 2.29. The van der Waals surface area contributed by atoms with E-state index in [4.69, 9.17) is 0 Å². The lowest BCUT2D eigenvalue weighted by Gasteiger charge is -2.05. The van der Waals surface area contributed by atoms with Gasteiger partial charge in [-0.1, -0.05) is 24.3 Å². The van der Waals surface area contributed by atoms with Crippen LogP contribution in [0, 0.1) is 0 Å². The van der Waals surface area contributed by atoms with Crippen LogP contribution in [0.25, 0.3) is 6.08 Å². The number of ether oxygens (including phenoxy) is 2. The van der Waals surface area contributed by atoms with Crippen LogP contribution >= 0.6 is 0 Å². The van der Waals surface area contributed by atoms with Crippen LogP contribution < -0.4 is 0 Å². The standard InChI is InChI=1S/C15H13F3O4/c1-21-13(19)12(14(20)22-2)5-3-4-10-6-8-11(9-7-10)15(16,17)18/h3-9H,1-2H3/b4-3+. The number of carbonyl (C=O) groups is 2. The maximum absolute atomic E-state index is 12.4. The third-order valence-corrected chi connectivity index (χ3v) is 2.60. The van der Waals surface area contributed by atoms with E-state index in [1.165, 1.54) is 24.3 Å². The van der Waals surface area contributed by atoms with Gasteiger partial charge in [-0.15, -0.1) is 0 Å². The van der Waals surface area contributed by atoms with Crippen LogP contribution in [0.2, 0.25) is 0 Å². The maximum atomic E-state index is 12.4. The van der Waals surface area contributed by atoms with E-state index in [0.29, 0.717) is 5.56 Å². The van der Waals surface area contributed by atoms with E-state index in [9.17, 15) is 22.8 Å². The zero-order valence-corrected chi connectivity index (χ0v) is 11.8. The first kappa shape index (κ1) is 17.5. The zero-order chi connectivity index (χ0) is 16.8. The highest BCUT2D eigenvalue weighted by atomic mass is 19.4. The Bertz CT molecular complexity index is 580. The molecule has 4 nitrogen and oxygen atoms in total. The van der Waals surface area contributed by atoms with Crippen molar-refractivity contribution in [2.45, 2.75) is 6.18 Å². The van der Waals surface area contributed by atoms with E-state index in [1.54, 1.807) is 0 Å². The first-order chi connectivity index (χ1) is 10.3. The molecule has 0 radical (unpaired) electrons. The second kappa shape index (κ2) is 7.44. The van der Waals surface area contributed by atoms with Gasteiger partial charge in [0.05, 0.1) is 19.8 Å². The number of carbonyl (C=O) groups excluding carboxylic acids is 2. The van der Waals surface area contributed by atoms with Crippen LogP contribution in [0.15, 0.2) is 42.0 Å². The van der Waals surface area contributed by atoms with Gasteiger partial charge in [-0.25, -0.2) is 9.59 Å². The van der Waals surface area contributed by atoms with Gasteiger partial charge in [-0.2, -0.15) is 13.2 Å². The Morgan fingerprint density at radius 3 is 1.91 bits per heavy atom. The van der Waals surface area contributed by atoms with Gasteiger partial charge in [0.25, 0.3) is 0 Å². The van der Waals surface area contributed by atoms with Crippen LogP contribution in [0.3, 0.4) is 0 Å². The van der Waals surface area contributed by atoms with Crippen molar-refractivity contribution in [1.82, 2.24) is 0 Å². The highest BCUT2D eigenvalue weighted by molar-refractivity contribution is 6.14. The topological polar surface area (TPSA) is 52.6 Å². The summed E-state index contributed by atoms with van der Waals surface area (Å²) in [6.07, 6.45) is -0.460. The summed E-state index contributed by atoms with van der Waals surface area (Å²) in [5.41, 5.74) is -0.614. The van der Waals surface area contributed by atoms with E-state index in [-0.39, 0.29) is 5.57 Å². The molecule has 0 fully saturated rings. The molecule has 0 aliphatic rings. The molecule has 0 aliphatic heterocycles. The summed E-state index contributed by atoms with van der Waals surface area (Å²) in [5.74, 6) is -1.74. The summed E-state index contributed by atoms with van der Waals surface area (Å²) >= 11 is 0. The van der Waals surface area contributed by atoms with Crippen molar-refractivity contribution in [2.75, 3.05) is 14.2 Å². The van der Waals surface area contributed by atoms with Crippen molar-refractivity contribution in [2.24, 2.45) is 0 Å². The van der Waals surface area contributed by atoms with Crippen molar-refractivity contribution in [1.29, 1.82) is 0 Å². The summed E-state index contributed by atoms with van der Waals surface area (Å²) in [4.78, 5) is 22.7. The fourth-order valence-corrected chi connectivity index (χ4v) is 1.48. The largest absolute Gasteiger partial charge is 0.465 e. The van der Waals surface area contributed by atoms with E-state index in [0.717, 1.165) is 32.4 Å². The number of rotatable bonds is 4. The van der Waals surface area contributed by atoms with Crippen LogP contribution in [0.1, 0.15) is 11.1 Å². The third-order valence-electron chi connectivity index (χ3n) is 2.60. The molecule has 1 aromatic rings. The van der Waals surface area contributed by atoms with Crippen molar-refractivity contribution in [3.05, 3.63) is 53.1 Å². The second-order valence-electron chi connectivity index (χ2n) is 4.04. The predicted molar refractivity (Wildman–Crippen MR) is 72.6 cm³/mol. The number of halogens is 3. The van der Waals surface area contributed by atoms with E-state index in [2.05, 4.69) is 9.47 Å². The number of methoxy groups -OCH3 is 2. The van der Waals surface area contributed by atoms with E-state index in [1.807, 2.05) is 0 Å². The van der Waals surface area contributed by atoms with Crippen molar-refractivity contribution in [3.8, 4) is 0 Å². The third kappa shape index (κ3) is 4.76. The average molecular weight is 314 g/mol. The quantitative estimate of drug-likeness (QED) is 0.282.